The first kappa shape index (κ1) is 25.6. The third kappa shape index (κ3) is 5.04. The van der Waals surface area contributed by atoms with Gasteiger partial charge in [-0.05, 0) is 57.9 Å². The summed E-state index contributed by atoms with van der Waals surface area (Å²) in [6.45, 7) is 11.6. The van der Waals surface area contributed by atoms with Gasteiger partial charge in [-0.2, -0.15) is 0 Å². The van der Waals surface area contributed by atoms with Gasteiger partial charge in [-0.1, -0.05) is 6.07 Å². The summed E-state index contributed by atoms with van der Waals surface area (Å²) in [5.74, 6) is 1.40. The number of pyridine rings is 2. The molecule has 1 atom stereocenters. The number of piperazine rings is 1. The molecule has 39 heavy (non-hydrogen) atoms. The van der Waals surface area contributed by atoms with Crippen molar-refractivity contribution in [3.8, 4) is 17.3 Å². The van der Waals surface area contributed by atoms with Crippen LogP contribution in [0.4, 0.5) is 16.2 Å². The third-order valence-corrected chi connectivity index (χ3v) is 7.66. The van der Waals surface area contributed by atoms with E-state index in [1.54, 1.807) is 6.07 Å². The summed E-state index contributed by atoms with van der Waals surface area (Å²) >= 11 is 0. The Labute approximate surface area is 227 Å². The number of nitrogens with zero attached hydrogens (tertiary/aromatic N) is 8. The van der Waals surface area contributed by atoms with E-state index in [2.05, 4.69) is 64.5 Å². The Morgan fingerprint density at radius 1 is 1.10 bits per heavy atom. The van der Waals surface area contributed by atoms with Crippen LogP contribution in [0.2, 0.25) is 0 Å². The topological polar surface area (TPSA) is 97.1 Å². The molecule has 4 aromatic heterocycles. The second kappa shape index (κ2) is 10.5. The van der Waals surface area contributed by atoms with Crippen molar-refractivity contribution in [2.45, 2.75) is 52.2 Å². The molecule has 10 nitrogen and oxygen atoms in total. The predicted octanol–water partition coefficient (Wildman–Crippen LogP) is 4.34. The van der Waals surface area contributed by atoms with Gasteiger partial charge in [0, 0.05) is 44.5 Å². The van der Waals surface area contributed by atoms with Gasteiger partial charge in [0.1, 0.15) is 17.3 Å². The molecule has 0 amide bonds. The molecule has 0 bridgehead atoms. The number of ether oxygens (including phenoxy) is 1. The van der Waals surface area contributed by atoms with Crippen molar-refractivity contribution in [2.24, 2.45) is 0 Å². The van der Waals surface area contributed by atoms with Crippen molar-refractivity contribution >= 4 is 22.8 Å². The minimum atomic E-state index is -0.576. The molecule has 1 N–H and O–H groups in total. The van der Waals surface area contributed by atoms with E-state index >= 15 is 0 Å². The molecule has 2 saturated heterocycles. The molecule has 0 aliphatic carbocycles. The van der Waals surface area contributed by atoms with Crippen molar-refractivity contribution in [1.29, 1.82) is 0 Å². The summed E-state index contributed by atoms with van der Waals surface area (Å²) in [5, 5.41) is 3.11. The first-order valence-corrected chi connectivity index (χ1v) is 13.5. The van der Waals surface area contributed by atoms with Crippen LogP contribution in [0.3, 0.4) is 0 Å². The average Bonchev–Trinajstić information content (AvgIpc) is 3.53. The number of aromatic nitrogens is 6. The molecule has 4 aromatic rings. The van der Waals surface area contributed by atoms with Gasteiger partial charge in [0.05, 0.1) is 24.5 Å². The zero-order valence-corrected chi connectivity index (χ0v) is 22.9. The Hall–Kier alpha value is -3.70. The molecule has 2 aliphatic rings. The standard InChI is InChI=1S/C28H34FN9O/c1-17(2)38-18(3)32-26-23(38)12-22(33-27(26)39-4)25-21(29)14-31-28(35-25)34-24-8-7-19(13-30-24)15-36-10-11-37-9-5-6-20(37)16-36/h7-8,12-14,17,20H,5-6,9-11,15-16H2,1-4H3,(H,30,31,34,35). The average molecular weight is 532 g/mol. The fraction of sp³-hybridized carbons (Fsp3) is 0.464. The van der Waals surface area contributed by atoms with Gasteiger partial charge in [0.15, 0.2) is 11.3 Å². The number of nitrogens with one attached hydrogen (secondary N) is 1. The quantitative estimate of drug-likeness (QED) is 0.373. The Morgan fingerprint density at radius 3 is 2.74 bits per heavy atom. The van der Waals surface area contributed by atoms with Crippen LogP contribution in [-0.4, -0.2) is 78.6 Å². The van der Waals surface area contributed by atoms with Crippen LogP contribution in [-0.2, 0) is 6.54 Å². The summed E-state index contributed by atoms with van der Waals surface area (Å²) in [4.78, 5) is 27.4. The van der Waals surface area contributed by atoms with Crippen molar-refractivity contribution in [2.75, 3.05) is 38.6 Å². The lowest BCUT2D eigenvalue weighted by atomic mass is 10.1. The Balaban J connectivity index is 1.22. The molecule has 2 aliphatic heterocycles. The van der Waals surface area contributed by atoms with E-state index in [4.69, 9.17) is 4.74 Å². The van der Waals surface area contributed by atoms with Crippen LogP contribution < -0.4 is 10.1 Å². The van der Waals surface area contributed by atoms with Crippen LogP contribution in [0.5, 0.6) is 5.88 Å². The Morgan fingerprint density at radius 2 is 1.97 bits per heavy atom. The lowest BCUT2D eigenvalue weighted by Crippen LogP contribution is -2.49. The number of imidazole rings is 1. The molecule has 1 unspecified atom stereocenters. The van der Waals surface area contributed by atoms with Crippen molar-refractivity contribution in [1.82, 2.24) is 39.3 Å². The fourth-order valence-electron chi connectivity index (χ4n) is 5.87. The number of anilines is 2. The smallest absolute Gasteiger partial charge is 0.242 e. The zero-order chi connectivity index (χ0) is 27.1. The van der Waals surface area contributed by atoms with Crippen molar-refractivity contribution < 1.29 is 9.13 Å². The summed E-state index contributed by atoms with van der Waals surface area (Å²) in [6, 6.07) is 6.62. The molecule has 6 heterocycles. The van der Waals surface area contributed by atoms with Crippen LogP contribution in [0, 0.1) is 12.7 Å². The monoisotopic (exact) mass is 531 g/mol. The third-order valence-electron chi connectivity index (χ3n) is 7.66. The lowest BCUT2D eigenvalue weighted by Gasteiger charge is -2.37. The summed E-state index contributed by atoms with van der Waals surface area (Å²) in [5.41, 5.74) is 3.02. The summed E-state index contributed by atoms with van der Waals surface area (Å²) < 4.78 is 22.5. The molecule has 0 radical (unpaired) electrons. The van der Waals surface area contributed by atoms with E-state index in [1.807, 2.05) is 19.2 Å². The minimum absolute atomic E-state index is 0.0736. The van der Waals surface area contributed by atoms with E-state index < -0.39 is 5.82 Å². The maximum Gasteiger partial charge on any atom is 0.242 e. The predicted molar refractivity (Wildman–Crippen MR) is 148 cm³/mol. The highest BCUT2D eigenvalue weighted by Gasteiger charge is 2.30. The van der Waals surface area contributed by atoms with E-state index in [0.29, 0.717) is 29.0 Å². The van der Waals surface area contributed by atoms with Crippen LogP contribution in [0.25, 0.3) is 22.4 Å². The maximum atomic E-state index is 15.0. The first-order chi connectivity index (χ1) is 18.9. The number of halogens is 1. The Bertz CT molecular complexity index is 1490. The molecule has 2 fully saturated rings. The van der Waals surface area contributed by atoms with Gasteiger partial charge in [-0.15, -0.1) is 0 Å². The SMILES string of the molecule is COc1nc(-c2nc(Nc3ccc(CN4CCN5CCCC5C4)cn3)ncc2F)cc2c1nc(C)n2C(C)C. The van der Waals surface area contributed by atoms with Gasteiger partial charge >= 0.3 is 0 Å². The normalized spacial score (nSPS) is 18.2. The second-order valence-electron chi connectivity index (χ2n) is 10.6. The van der Waals surface area contributed by atoms with E-state index in [1.165, 1.54) is 26.5 Å². The molecular formula is C28H34FN9O. The van der Waals surface area contributed by atoms with Crippen LogP contribution in [0.15, 0.2) is 30.6 Å². The van der Waals surface area contributed by atoms with E-state index in [9.17, 15) is 4.39 Å². The van der Waals surface area contributed by atoms with Gasteiger partial charge in [0.25, 0.3) is 0 Å². The largest absolute Gasteiger partial charge is 0.479 e. The number of hydrogen-bond acceptors (Lipinski definition) is 9. The second-order valence-corrected chi connectivity index (χ2v) is 10.6. The number of aryl methyl sites for hydroxylation is 1. The van der Waals surface area contributed by atoms with Crippen molar-refractivity contribution in [3.63, 3.8) is 0 Å². The first-order valence-electron chi connectivity index (χ1n) is 13.5. The Kier molecular flexibility index (Phi) is 6.86. The number of fused-ring (bicyclic) bond motifs is 2. The summed E-state index contributed by atoms with van der Waals surface area (Å²) in [7, 11) is 1.53. The highest BCUT2D eigenvalue weighted by Crippen LogP contribution is 2.32. The molecule has 0 aromatic carbocycles. The number of rotatable bonds is 7. The lowest BCUT2D eigenvalue weighted by molar-refractivity contribution is 0.0993. The molecule has 11 heteroatoms. The van der Waals surface area contributed by atoms with E-state index in [0.717, 1.165) is 49.3 Å². The van der Waals surface area contributed by atoms with Gasteiger partial charge in [-0.25, -0.2) is 29.3 Å². The minimum Gasteiger partial charge on any atom is -0.479 e. The van der Waals surface area contributed by atoms with Gasteiger partial charge in [0.2, 0.25) is 11.8 Å². The highest BCUT2D eigenvalue weighted by molar-refractivity contribution is 5.85. The molecular weight excluding hydrogens is 497 g/mol. The number of hydrogen-bond donors (Lipinski definition) is 1. The summed E-state index contributed by atoms with van der Waals surface area (Å²) in [6.07, 6.45) is 5.64. The zero-order valence-electron chi connectivity index (χ0n) is 22.9. The van der Waals surface area contributed by atoms with Gasteiger partial charge in [-0.3, -0.25) is 9.80 Å². The fourth-order valence-corrected chi connectivity index (χ4v) is 5.87. The van der Waals surface area contributed by atoms with Crippen LogP contribution >= 0.6 is 0 Å². The molecule has 204 valence electrons. The van der Waals surface area contributed by atoms with Crippen molar-refractivity contribution in [3.05, 3.63) is 47.8 Å². The highest BCUT2D eigenvalue weighted by atomic mass is 19.1. The van der Waals surface area contributed by atoms with Gasteiger partial charge < -0.3 is 14.6 Å². The molecule has 0 spiro atoms. The van der Waals surface area contributed by atoms with Crippen LogP contribution in [0.1, 0.15) is 44.1 Å². The van der Waals surface area contributed by atoms with E-state index in [-0.39, 0.29) is 17.7 Å². The number of methoxy groups -OCH3 is 1. The molecule has 0 saturated carbocycles. The molecule has 6 rings (SSSR count). The maximum absolute atomic E-state index is 15.0.